The van der Waals surface area contributed by atoms with Gasteiger partial charge in [0.15, 0.2) is 0 Å². The van der Waals surface area contributed by atoms with E-state index in [2.05, 4.69) is 9.71 Å². The van der Waals surface area contributed by atoms with Crippen molar-refractivity contribution < 1.29 is 8.42 Å². The average Bonchev–Trinajstić information content (AvgIpc) is 2.53. The summed E-state index contributed by atoms with van der Waals surface area (Å²) in [6, 6.07) is 11.1. The highest BCUT2D eigenvalue weighted by atomic mass is 32.2. The molecule has 0 saturated heterocycles. The van der Waals surface area contributed by atoms with Gasteiger partial charge >= 0.3 is 0 Å². The van der Waals surface area contributed by atoms with Gasteiger partial charge < -0.3 is 9.89 Å². The van der Waals surface area contributed by atoms with E-state index in [1.54, 1.807) is 25.4 Å². The van der Waals surface area contributed by atoms with E-state index in [4.69, 9.17) is 0 Å². The number of rotatable bonds is 7. The Morgan fingerprint density at radius 2 is 1.83 bits per heavy atom. The predicted octanol–water partition coefficient (Wildman–Crippen LogP) is 2.66. The average molecular weight is 333 g/mol. The fourth-order valence-corrected chi connectivity index (χ4v) is 3.79. The maximum Gasteiger partial charge on any atom is 0.241 e. The summed E-state index contributed by atoms with van der Waals surface area (Å²) in [7, 11) is 2.08. The van der Waals surface area contributed by atoms with E-state index in [9.17, 15) is 8.42 Å². The van der Waals surface area contributed by atoms with Crippen molar-refractivity contribution in [2.45, 2.75) is 17.7 Å². The molecule has 6 heteroatoms. The van der Waals surface area contributed by atoms with Crippen LogP contribution in [0.1, 0.15) is 12.8 Å². The van der Waals surface area contributed by atoms with Crippen LogP contribution in [0.4, 0.5) is 5.69 Å². The third kappa shape index (κ3) is 4.09. The Kier molecular flexibility index (Phi) is 5.74. The second-order valence-electron chi connectivity index (χ2n) is 5.50. The third-order valence-electron chi connectivity index (χ3n) is 3.62. The second-order valence-corrected chi connectivity index (χ2v) is 7.24. The molecule has 0 aromatic heterocycles. The fraction of sp³-hybridized carbons (Fsp3) is 0.353. The minimum absolute atomic E-state index is 0.322. The van der Waals surface area contributed by atoms with Crippen LogP contribution in [0, 0.1) is 0 Å². The highest BCUT2D eigenvalue weighted by Gasteiger charge is 2.17. The van der Waals surface area contributed by atoms with Gasteiger partial charge in [0.1, 0.15) is 0 Å². The quantitative estimate of drug-likeness (QED) is 0.626. The number of nitrogens with zero attached hydrogens (tertiary/aromatic N) is 2. The number of benzene rings is 2. The number of hydrogen-bond donors (Lipinski definition) is 1. The van der Waals surface area contributed by atoms with Crippen molar-refractivity contribution in [1.82, 2.24) is 4.72 Å². The lowest BCUT2D eigenvalue weighted by molar-refractivity contribution is 0.581. The molecular weight excluding hydrogens is 310 g/mol. The molecule has 0 bridgehead atoms. The summed E-state index contributed by atoms with van der Waals surface area (Å²) < 4.78 is 27.9. The van der Waals surface area contributed by atoms with E-state index in [0.717, 1.165) is 29.3 Å². The highest BCUT2D eigenvalue weighted by molar-refractivity contribution is 7.89. The second kappa shape index (κ2) is 7.57. The van der Waals surface area contributed by atoms with Gasteiger partial charge in [0.05, 0.1) is 4.90 Å². The van der Waals surface area contributed by atoms with Crippen molar-refractivity contribution in [2.24, 2.45) is 4.99 Å². The first kappa shape index (κ1) is 17.4. The van der Waals surface area contributed by atoms with Gasteiger partial charge in [0.25, 0.3) is 0 Å². The molecule has 0 radical (unpaired) electrons. The molecule has 0 unspecified atom stereocenters. The van der Waals surface area contributed by atoms with Crippen molar-refractivity contribution in [2.75, 3.05) is 32.6 Å². The van der Waals surface area contributed by atoms with Crippen LogP contribution in [0.5, 0.6) is 0 Å². The largest absolute Gasteiger partial charge is 0.377 e. The molecule has 124 valence electrons. The Morgan fingerprint density at radius 3 is 2.52 bits per heavy atom. The Bertz CT molecular complexity index is 799. The van der Waals surface area contributed by atoms with Crippen LogP contribution in [0.2, 0.25) is 0 Å². The SMILES string of the molecule is C/N=C/CCCNS(=O)(=O)c1cccc2c(N(C)C)cccc12. The molecule has 2 rings (SSSR count). The number of aliphatic imine (C=N–C) groups is 1. The summed E-state index contributed by atoms with van der Waals surface area (Å²) in [6.45, 7) is 0.401. The van der Waals surface area contributed by atoms with Crippen LogP contribution >= 0.6 is 0 Å². The van der Waals surface area contributed by atoms with E-state index in [1.807, 2.05) is 43.3 Å². The van der Waals surface area contributed by atoms with E-state index < -0.39 is 10.0 Å². The number of hydrogen-bond acceptors (Lipinski definition) is 4. The summed E-state index contributed by atoms with van der Waals surface area (Å²) in [6.07, 6.45) is 3.28. The molecule has 2 aromatic rings. The number of anilines is 1. The summed E-state index contributed by atoms with van der Waals surface area (Å²) in [5.41, 5.74) is 0.999. The van der Waals surface area contributed by atoms with E-state index in [0.29, 0.717) is 11.4 Å². The molecular formula is C17H23N3O2S. The Balaban J connectivity index is 2.33. The zero-order chi connectivity index (χ0) is 16.9. The maximum atomic E-state index is 12.6. The molecule has 0 amide bonds. The minimum atomic E-state index is -3.53. The summed E-state index contributed by atoms with van der Waals surface area (Å²) in [5, 5.41) is 1.67. The van der Waals surface area contributed by atoms with Crippen molar-refractivity contribution >= 4 is 32.7 Å². The van der Waals surface area contributed by atoms with Gasteiger partial charge in [-0.3, -0.25) is 0 Å². The Hall–Kier alpha value is -1.92. The topological polar surface area (TPSA) is 61.8 Å². The molecule has 23 heavy (non-hydrogen) atoms. The monoisotopic (exact) mass is 333 g/mol. The Labute approximate surface area is 138 Å². The highest BCUT2D eigenvalue weighted by Crippen LogP contribution is 2.29. The standard InChI is InChI=1S/C17H23N3O2S/c1-18-12-4-5-13-19-23(21,22)17-11-7-8-14-15(17)9-6-10-16(14)20(2)3/h6-12,19H,4-5,13H2,1-3H3/b18-12+. The van der Waals surface area contributed by atoms with Gasteiger partial charge in [0, 0.05) is 44.1 Å². The zero-order valence-electron chi connectivity index (χ0n) is 13.8. The smallest absolute Gasteiger partial charge is 0.241 e. The molecule has 5 nitrogen and oxygen atoms in total. The fourth-order valence-electron chi connectivity index (χ4n) is 2.50. The van der Waals surface area contributed by atoms with E-state index in [1.165, 1.54) is 0 Å². The maximum absolute atomic E-state index is 12.6. The van der Waals surface area contributed by atoms with E-state index >= 15 is 0 Å². The van der Waals surface area contributed by atoms with Crippen LogP contribution in [0.15, 0.2) is 46.3 Å². The lowest BCUT2D eigenvalue weighted by atomic mass is 10.1. The number of sulfonamides is 1. The van der Waals surface area contributed by atoms with Crippen LogP contribution in [0.3, 0.4) is 0 Å². The van der Waals surface area contributed by atoms with Crippen LogP contribution in [-0.4, -0.2) is 42.3 Å². The van der Waals surface area contributed by atoms with Crippen LogP contribution in [-0.2, 0) is 10.0 Å². The van der Waals surface area contributed by atoms with Gasteiger partial charge in [-0.15, -0.1) is 0 Å². The first-order valence-corrected chi connectivity index (χ1v) is 9.05. The lowest BCUT2D eigenvalue weighted by Crippen LogP contribution is -2.25. The summed E-state index contributed by atoms with van der Waals surface area (Å²) >= 11 is 0. The lowest BCUT2D eigenvalue weighted by Gasteiger charge is -2.17. The molecule has 0 atom stereocenters. The van der Waals surface area contributed by atoms with Crippen molar-refractivity contribution in [3.63, 3.8) is 0 Å². The third-order valence-corrected chi connectivity index (χ3v) is 5.13. The normalized spacial score (nSPS) is 12.1. The number of fused-ring (bicyclic) bond motifs is 1. The molecule has 0 saturated carbocycles. The van der Waals surface area contributed by atoms with Gasteiger partial charge in [-0.25, -0.2) is 13.1 Å². The van der Waals surface area contributed by atoms with Crippen LogP contribution in [0.25, 0.3) is 10.8 Å². The van der Waals surface area contributed by atoms with Crippen molar-refractivity contribution in [3.05, 3.63) is 36.4 Å². The van der Waals surface area contributed by atoms with Crippen molar-refractivity contribution in [3.8, 4) is 0 Å². The van der Waals surface area contributed by atoms with Crippen molar-refractivity contribution in [1.29, 1.82) is 0 Å². The first-order valence-electron chi connectivity index (χ1n) is 7.56. The Morgan fingerprint density at radius 1 is 1.13 bits per heavy atom. The molecule has 1 N–H and O–H groups in total. The number of nitrogens with one attached hydrogen (secondary N) is 1. The van der Waals surface area contributed by atoms with Gasteiger partial charge in [-0.1, -0.05) is 24.3 Å². The zero-order valence-corrected chi connectivity index (χ0v) is 14.6. The molecule has 0 aliphatic carbocycles. The first-order chi connectivity index (χ1) is 11.0. The molecule has 2 aromatic carbocycles. The number of unbranched alkanes of at least 4 members (excludes halogenated alkanes) is 1. The molecule has 0 heterocycles. The predicted molar refractivity (Wildman–Crippen MR) is 97.1 cm³/mol. The molecule has 0 aliphatic rings. The van der Waals surface area contributed by atoms with Gasteiger partial charge in [-0.2, -0.15) is 0 Å². The van der Waals surface area contributed by atoms with Gasteiger partial charge in [0.2, 0.25) is 10.0 Å². The summed E-state index contributed by atoms with van der Waals surface area (Å²) in [4.78, 5) is 6.19. The molecule has 0 spiro atoms. The molecule has 0 aliphatic heterocycles. The minimum Gasteiger partial charge on any atom is -0.377 e. The van der Waals surface area contributed by atoms with Gasteiger partial charge in [-0.05, 0) is 31.2 Å². The summed E-state index contributed by atoms with van der Waals surface area (Å²) in [5.74, 6) is 0. The molecule has 0 fully saturated rings. The van der Waals surface area contributed by atoms with Crippen LogP contribution < -0.4 is 9.62 Å². The van der Waals surface area contributed by atoms with E-state index in [-0.39, 0.29) is 0 Å².